The first-order chi connectivity index (χ1) is 12.7. The van der Waals surface area contributed by atoms with E-state index < -0.39 is 16.0 Å². The minimum absolute atomic E-state index is 0.00157. The number of benzene rings is 1. The molecular formula is C18H22N2O6S. The summed E-state index contributed by atoms with van der Waals surface area (Å²) in [6.45, 7) is 1.98. The van der Waals surface area contributed by atoms with E-state index in [0.29, 0.717) is 17.7 Å². The number of nitrogens with zero attached hydrogens (tertiary/aromatic N) is 1. The second kappa shape index (κ2) is 8.83. The minimum atomic E-state index is -3.82. The zero-order valence-corrected chi connectivity index (χ0v) is 16.0. The van der Waals surface area contributed by atoms with Gasteiger partial charge in [0.2, 0.25) is 10.0 Å². The highest BCUT2D eigenvalue weighted by Crippen LogP contribution is 2.18. The van der Waals surface area contributed by atoms with Crippen LogP contribution in [0.15, 0.2) is 45.9 Å². The molecule has 0 aliphatic heterocycles. The summed E-state index contributed by atoms with van der Waals surface area (Å²) in [7, 11) is -2.27. The predicted octanol–water partition coefficient (Wildman–Crippen LogP) is 2.00. The summed E-state index contributed by atoms with van der Waals surface area (Å²) in [5.74, 6) is -0.816. The van der Waals surface area contributed by atoms with Gasteiger partial charge in [0, 0.05) is 25.6 Å². The number of furan rings is 1. The molecule has 0 saturated heterocycles. The van der Waals surface area contributed by atoms with Crippen molar-refractivity contribution < 1.29 is 27.5 Å². The van der Waals surface area contributed by atoms with E-state index >= 15 is 0 Å². The second-order valence-corrected chi connectivity index (χ2v) is 7.87. The number of rotatable bonds is 9. The van der Waals surface area contributed by atoms with Crippen molar-refractivity contribution in [1.82, 2.24) is 9.62 Å². The number of amides is 1. The molecule has 8 nitrogen and oxygen atoms in total. The molecule has 0 radical (unpaired) electrons. The number of carboxylic acid groups (broad SMARTS) is 1. The fraction of sp³-hybridized carbons (Fsp3) is 0.333. The van der Waals surface area contributed by atoms with Gasteiger partial charge in [-0.1, -0.05) is 6.07 Å². The maximum absolute atomic E-state index is 12.6. The lowest BCUT2D eigenvalue weighted by Crippen LogP contribution is -2.29. The Hall–Kier alpha value is -2.65. The number of nitrogens with one attached hydrogen (secondary N) is 1. The Bertz CT molecular complexity index is 906. The monoisotopic (exact) mass is 394 g/mol. The Morgan fingerprint density at radius 2 is 2.00 bits per heavy atom. The molecule has 0 unspecified atom stereocenters. The number of hydrogen-bond donors (Lipinski definition) is 2. The Morgan fingerprint density at radius 3 is 2.63 bits per heavy atom. The molecule has 0 spiro atoms. The lowest BCUT2D eigenvalue weighted by molar-refractivity contribution is -0.137. The van der Waals surface area contributed by atoms with Gasteiger partial charge in [-0.2, -0.15) is 0 Å². The standard InChI is InChI=1S/C18H22N2O6S/c1-13-7-8-15(27(24,25)19-12-14-5-4-10-26-14)11-16(13)18(23)20(2)9-3-6-17(21)22/h4-5,7-8,10-11,19H,3,6,9,12H2,1-2H3,(H,21,22). The SMILES string of the molecule is Cc1ccc(S(=O)(=O)NCc2ccco2)cc1C(=O)N(C)CCCC(=O)O. The van der Waals surface area contributed by atoms with E-state index in [1.54, 1.807) is 32.2 Å². The van der Waals surface area contributed by atoms with Gasteiger partial charge in [0.25, 0.3) is 5.91 Å². The lowest BCUT2D eigenvalue weighted by Gasteiger charge is -2.18. The van der Waals surface area contributed by atoms with Gasteiger partial charge in [0.15, 0.2) is 0 Å². The van der Waals surface area contributed by atoms with Crippen molar-refractivity contribution in [3.63, 3.8) is 0 Å². The van der Waals surface area contributed by atoms with Crippen LogP contribution in [0.3, 0.4) is 0 Å². The molecule has 0 atom stereocenters. The molecule has 2 rings (SSSR count). The molecule has 27 heavy (non-hydrogen) atoms. The zero-order chi connectivity index (χ0) is 20.0. The van der Waals surface area contributed by atoms with E-state index in [1.165, 1.54) is 23.3 Å². The van der Waals surface area contributed by atoms with Gasteiger partial charge in [0.1, 0.15) is 5.76 Å². The largest absolute Gasteiger partial charge is 0.481 e. The van der Waals surface area contributed by atoms with Gasteiger partial charge >= 0.3 is 5.97 Å². The van der Waals surface area contributed by atoms with Crippen molar-refractivity contribution >= 4 is 21.9 Å². The van der Waals surface area contributed by atoms with Crippen LogP contribution in [0.1, 0.15) is 34.5 Å². The summed E-state index contributed by atoms with van der Waals surface area (Å²) in [5, 5.41) is 8.69. The predicted molar refractivity (Wildman–Crippen MR) is 97.7 cm³/mol. The Balaban J connectivity index is 2.14. The lowest BCUT2D eigenvalue weighted by atomic mass is 10.1. The Labute approximate surface area is 157 Å². The van der Waals surface area contributed by atoms with Crippen LogP contribution in [-0.2, 0) is 21.4 Å². The van der Waals surface area contributed by atoms with Crippen LogP contribution >= 0.6 is 0 Å². The number of hydrogen-bond acceptors (Lipinski definition) is 5. The van der Waals surface area contributed by atoms with E-state index in [2.05, 4.69) is 4.72 Å². The normalized spacial score (nSPS) is 11.3. The van der Waals surface area contributed by atoms with Crippen molar-refractivity contribution in [2.75, 3.05) is 13.6 Å². The van der Waals surface area contributed by atoms with E-state index in [1.807, 2.05) is 0 Å². The van der Waals surface area contributed by atoms with Crippen molar-refractivity contribution in [3.05, 3.63) is 53.5 Å². The van der Waals surface area contributed by atoms with Gasteiger partial charge < -0.3 is 14.4 Å². The molecule has 0 fully saturated rings. The minimum Gasteiger partial charge on any atom is -0.481 e. The number of carbonyl (C=O) groups excluding carboxylic acids is 1. The highest BCUT2D eigenvalue weighted by molar-refractivity contribution is 7.89. The quantitative estimate of drug-likeness (QED) is 0.672. The smallest absolute Gasteiger partial charge is 0.303 e. The molecule has 0 aliphatic carbocycles. The van der Waals surface area contributed by atoms with Gasteiger partial charge in [-0.25, -0.2) is 13.1 Å². The molecule has 2 N–H and O–H groups in total. The number of aryl methyl sites for hydroxylation is 1. The summed E-state index contributed by atoms with van der Waals surface area (Å²) in [4.78, 5) is 24.6. The highest BCUT2D eigenvalue weighted by atomic mass is 32.2. The number of carbonyl (C=O) groups is 2. The summed E-state index contributed by atoms with van der Waals surface area (Å²) >= 11 is 0. The number of carboxylic acids is 1. The summed E-state index contributed by atoms with van der Waals surface area (Å²) < 4.78 is 32.5. The zero-order valence-electron chi connectivity index (χ0n) is 15.1. The van der Waals surface area contributed by atoms with E-state index in [4.69, 9.17) is 9.52 Å². The van der Waals surface area contributed by atoms with Crippen molar-refractivity contribution in [3.8, 4) is 0 Å². The first-order valence-corrected chi connectivity index (χ1v) is 9.79. The Morgan fingerprint density at radius 1 is 1.26 bits per heavy atom. The third-order valence-electron chi connectivity index (χ3n) is 4.00. The molecule has 1 aromatic carbocycles. The third-order valence-corrected chi connectivity index (χ3v) is 5.40. The van der Waals surface area contributed by atoms with Crippen LogP contribution in [0.25, 0.3) is 0 Å². The molecule has 9 heteroatoms. The second-order valence-electron chi connectivity index (χ2n) is 6.10. The number of sulfonamides is 1. The van der Waals surface area contributed by atoms with Gasteiger partial charge in [0.05, 0.1) is 17.7 Å². The van der Waals surface area contributed by atoms with Crippen LogP contribution in [0, 0.1) is 6.92 Å². The van der Waals surface area contributed by atoms with E-state index in [-0.39, 0.29) is 35.9 Å². The first-order valence-electron chi connectivity index (χ1n) is 8.30. The van der Waals surface area contributed by atoms with Crippen molar-refractivity contribution in [1.29, 1.82) is 0 Å². The van der Waals surface area contributed by atoms with Gasteiger partial charge in [-0.15, -0.1) is 0 Å². The first kappa shape index (κ1) is 20.7. The molecule has 0 saturated carbocycles. The van der Waals surface area contributed by atoms with Gasteiger partial charge in [-0.05, 0) is 43.2 Å². The molecule has 1 aromatic heterocycles. The van der Waals surface area contributed by atoms with Crippen LogP contribution in [0.5, 0.6) is 0 Å². The van der Waals surface area contributed by atoms with Crippen LogP contribution in [0.2, 0.25) is 0 Å². The Kier molecular flexibility index (Phi) is 6.75. The van der Waals surface area contributed by atoms with Crippen LogP contribution in [-0.4, -0.2) is 43.9 Å². The molecule has 146 valence electrons. The molecule has 1 amide bonds. The average Bonchev–Trinajstić information content (AvgIpc) is 3.13. The molecular weight excluding hydrogens is 372 g/mol. The summed E-state index contributed by atoms with van der Waals surface area (Å²) in [6, 6.07) is 7.64. The topological polar surface area (TPSA) is 117 Å². The fourth-order valence-electron chi connectivity index (χ4n) is 2.44. The number of aliphatic carboxylic acids is 1. The highest BCUT2D eigenvalue weighted by Gasteiger charge is 2.20. The molecule has 1 heterocycles. The third kappa shape index (κ3) is 5.66. The van der Waals surface area contributed by atoms with E-state index in [9.17, 15) is 18.0 Å². The van der Waals surface area contributed by atoms with Crippen LogP contribution in [0.4, 0.5) is 0 Å². The molecule has 0 aliphatic rings. The maximum atomic E-state index is 12.6. The average molecular weight is 394 g/mol. The van der Waals surface area contributed by atoms with Gasteiger partial charge in [-0.3, -0.25) is 9.59 Å². The van der Waals surface area contributed by atoms with Crippen LogP contribution < -0.4 is 4.72 Å². The summed E-state index contributed by atoms with van der Waals surface area (Å²) in [6.07, 6.45) is 1.73. The van der Waals surface area contributed by atoms with Crippen molar-refractivity contribution in [2.24, 2.45) is 0 Å². The fourth-order valence-corrected chi connectivity index (χ4v) is 3.46. The molecule has 2 aromatic rings. The van der Waals surface area contributed by atoms with E-state index in [0.717, 1.165) is 0 Å². The maximum Gasteiger partial charge on any atom is 0.303 e. The summed E-state index contributed by atoms with van der Waals surface area (Å²) in [5.41, 5.74) is 0.892. The molecule has 0 bridgehead atoms. The van der Waals surface area contributed by atoms with Crippen molar-refractivity contribution in [2.45, 2.75) is 31.2 Å².